The van der Waals surface area contributed by atoms with Crippen molar-refractivity contribution in [3.8, 4) is 11.5 Å². The molecular weight excluding hydrogens is 272 g/mol. The van der Waals surface area contributed by atoms with Gasteiger partial charge in [0.2, 0.25) is 0 Å². The van der Waals surface area contributed by atoms with Crippen LogP contribution >= 0.6 is 0 Å². The van der Waals surface area contributed by atoms with E-state index in [1.807, 2.05) is 78.9 Å². The summed E-state index contributed by atoms with van der Waals surface area (Å²) in [5.74, 6) is 2.50. The Morgan fingerprint density at radius 3 is 2.59 bits per heavy atom. The molecule has 0 N–H and O–H groups in total. The van der Waals surface area contributed by atoms with E-state index in [2.05, 4.69) is 0 Å². The fraction of sp³-hybridized carbons (Fsp3) is 0. The first kappa shape index (κ1) is 12.7. The first-order chi connectivity index (χ1) is 10.9. The zero-order chi connectivity index (χ0) is 14.8. The number of rotatable bonds is 1. The smallest absolute Gasteiger partial charge is 0.134 e. The standard InChI is InChI=1S/C20H14O2/c1-2-9-18-15(6-1)8-5-10-19(22-18)17-12-11-16-7-3-4-13-21-20(16)14-17/h1-14H. The van der Waals surface area contributed by atoms with E-state index in [0.717, 1.165) is 33.9 Å². The number of benzene rings is 2. The number of allylic oxidation sites excluding steroid dienone is 4. The summed E-state index contributed by atoms with van der Waals surface area (Å²) in [6.07, 6.45) is 13.6. The van der Waals surface area contributed by atoms with Gasteiger partial charge in [-0.1, -0.05) is 54.6 Å². The van der Waals surface area contributed by atoms with E-state index >= 15 is 0 Å². The van der Waals surface area contributed by atoms with Crippen LogP contribution in [0.5, 0.6) is 11.5 Å². The number of fused-ring (bicyclic) bond motifs is 2. The Balaban J connectivity index is 1.73. The number of ether oxygens (including phenoxy) is 2. The molecule has 2 aromatic rings. The van der Waals surface area contributed by atoms with Crippen molar-refractivity contribution in [1.82, 2.24) is 0 Å². The normalized spacial score (nSPS) is 14.8. The summed E-state index contributed by atoms with van der Waals surface area (Å²) in [5, 5.41) is 0. The van der Waals surface area contributed by atoms with Crippen LogP contribution < -0.4 is 9.47 Å². The van der Waals surface area contributed by atoms with Crippen LogP contribution in [-0.4, -0.2) is 0 Å². The summed E-state index contributed by atoms with van der Waals surface area (Å²) in [6.45, 7) is 0. The topological polar surface area (TPSA) is 18.5 Å². The van der Waals surface area contributed by atoms with Crippen LogP contribution in [0.4, 0.5) is 0 Å². The average Bonchev–Trinajstić information content (AvgIpc) is 2.92. The van der Waals surface area contributed by atoms with Gasteiger partial charge in [-0.25, -0.2) is 0 Å². The zero-order valence-corrected chi connectivity index (χ0v) is 11.9. The van der Waals surface area contributed by atoms with Gasteiger partial charge >= 0.3 is 0 Å². The van der Waals surface area contributed by atoms with E-state index in [0.29, 0.717) is 0 Å². The van der Waals surface area contributed by atoms with Gasteiger partial charge in [0.15, 0.2) is 0 Å². The van der Waals surface area contributed by atoms with Crippen molar-refractivity contribution in [3.05, 3.63) is 89.7 Å². The molecule has 106 valence electrons. The van der Waals surface area contributed by atoms with Gasteiger partial charge in [0.25, 0.3) is 0 Å². The highest BCUT2D eigenvalue weighted by Gasteiger charge is 2.12. The lowest BCUT2D eigenvalue weighted by Gasteiger charge is -2.12. The first-order valence-electron chi connectivity index (χ1n) is 7.20. The van der Waals surface area contributed by atoms with E-state index in [9.17, 15) is 0 Å². The van der Waals surface area contributed by atoms with Crippen LogP contribution in [0.2, 0.25) is 0 Å². The Morgan fingerprint density at radius 1 is 0.727 bits per heavy atom. The number of hydrogen-bond acceptors (Lipinski definition) is 2. The predicted octanol–water partition coefficient (Wildman–Crippen LogP) is 5.05. The Bertz CT molecular complexity index is 839. The second-order valence-electron chi connectivity index (χ2n) is 5.09. The molecule has 0 spiro atoms. The zero-order valence-electron chi connectivity index (χ0n) is 11.9. The molecule has 0 aromatic heterocycles. The van der Waals surface area contributed by atoms with Crippen molar-refractivity contribution < 1.29 is 9.47 Å². The van der Waals surface area contributed by atoms with Gasteiger partial charge in [-0.2, -0.15) is 0 Å². The summed E-state index contributed by atoms with van der Waals surface area (Å²) in [5.41, 5.74) is 3.12. The van der Waals surface area contributed by atoms with Crippen molar-refractivity contribution in [2.45, 2.75) is 0 Å². The van der Waals surface area contributed by atoms with E-state index in [1.165, 1.54) is 0 Å². The highest BCUT2D eigenvalue weighted by Crippen LogP contribution is 2.32. The molecule has 0 fully saturated rings. The quantitative estimate of drug-likeness (QED) is 0.730. The van der Waals surface area contributed by atoms with Gasteiger partial charge in [0, 0.05) is 16.7 Å². The van der Waals surface area contributed by atoms with Crippen molar-refractivity contribution in [3.63, 3.8) is 0 Å². The molecule has 2 heteroatoms. The molecule has 0 atom stereocenters. The van der Waals surface area contributed by atoms with Crippen LogP contribution in [0.3, 0.4) is 0 Å². The Kier molecular flexibility index (Phi) is 3.13. The number of para-hydroxylation sites is 1. The second-order valence-corrected chi connectivity index (χ2v) is 5.09. The van der Waals surface area contributed by atoms with Gasteiger partial charge in [0.05, 0.1) is 6.26 Å². The van der Waals surface area contributed by atoms with E-state index in [-0.39, 0.29) is 0 Å². The average molecular weight is 286 g/mol. The maximum absolute atomic E-state index is 6.07. The highest BCUT2D eigenvalue weighted by atomic mass is 16.5. The third-order valence-corrected chi connectivity index (χ3v) is 3.62. The molecular formula is C20H14O2. The van der Waals surface area contributed by atoms with E-state index in [4.69, 9.17) is 9.47 Å². The van der Waals surface area contributed by atoms with Crippen LogP contribution in [-0.2, 0) is 0 Å². The van der Waals surface area contributed by atoms with Crippen LogP contribution in [0.25, 0.3) is 17.9 Å². The van der Waals surface area contributed by atoms with Gasteiger partial charge in [-0.05, 0) is 24.3 Å². The van der Waals surface area contributed by atoms with Crippen molar-refractivity contribution in [1.29, 1.82) is 0 Å². The maximum Gasteiger partial charge on any atom is 0.134 e. The third-order valence-electron chi connectivity index (χ3n) is 3.62. The van der Waals surface area contributed by atoms with Crippen molar-refractivity contribution >= 4 is 17.9 Å². The molecule has 0 amide bonds. The summed E-state index contributed by atoms with van der Waals surface area (Å²) >= 11 is 0. The molecule has 0 aliphatic carbocycles. The molecule has 0 saturated carbocycles. The molecule has 2 aliphatic heterocycles. The Labute approximate surface area is 129 Å². The van der Waals surface area contributed by atoms with E-state index in [1.54, 1.807) is 6.26 Å². The van der Waals surface area contributed by atoms with Crippen molar-refractivity contribution in [2.24, 2.45) is 0 Å². The Morgan fingerprint density at radius 2 is 1.59 bits per heavy atom. The molecule has 2 nitrogen and oxygen atoms in total. The molecule has 0 radical (unpaired) electrons. The first-order valence-corrected chi connectivity index (χ1v) is 7.20. The lowest BCUT2D eigenvalue weighted by Crippen LogP contribution is -1.96. The fourth-order valence-corrected chi connectivity index (χ4v) is 2.50. The third kappa shape index (κ3) is 2.35. The SMILES string of the molecule is C1=COc2cc(C3=CC=Cc4ccccc4O3)ccc2C=C1. The monoisotopic (exact) mass is 286 g/mol. The van der Waals surface area contributed by atoms with Crippen molar-refractivity contribution in [2.75, 3.05) is 0 Å². The molecule has 2 heterocycles. The summed E-state index contributed by atoms with van der Waals surface area (Å²) in [7, 11) is 0. The van der Waals surface area contributed by atoms with Gasteiger partial charge < -0.3 is 9.47 Å². The highest BCUT2D eigenvalue weighted by molar-refractivity contribution is 5.73. The van der Waals surface area contributed by atoms with E-state index < -0.39 is 0 Å². The lowest BCUT2D eigenvalue weighted by atomic mass is 10.1. The molecule has 0 saturated heterocycles. The minimum Gasteiger partial charge on any atom is -0.464 e. The Hall–Kier alpha value is -3.00. The van der Waals surface area contributed by atoms with Crippen LogP contribution in [0.15, 0.2) is 73.0 Å². The lowest BCUT2D eigenvalue weighted by molar-refractivity contribution is 0.479. The molecule has 4 rings (SSSR count). The fourth-order valence-electron chi connectivity index (χ4n) is 2.50. The summed E-state index contributed by atoms with van der Waals surface area (Å²) in [6, 6.07) is 14.1. The minimum atomic E-state index is 0.810. The molecule has 2 aliphatic rings. The van der Waals surface area contributed by atoms with Gasteiger partial charge in [-0.3, -0.25) is 0 Å². The second kappa shape index (κ2) is 5.41. The van der Waals surface area contributed by atoms with Gasteiger partial charge in [-0.15, -0.1) is 0 Å². The van der Waals surface area contributed by atoms with Crippen LogP contribution in [0.1, 0.15) is 16.7 Å². The maximum atomic E-state index is 6.07. The molecule has 22 heavy (non-hydrogen) atoms. The summed E-state index contributed by atoms with van der Waals surface area (Å²) < 4.78 is 11.7. The summed E-state index contributed by atoms with van der Waals surface area (Å²) in [4.78, 5) is 0. The molecule has 2 aromatic carbocycles. The number of hydrogen-bond donors (Lipinski definition) is 0. The molecule has 0 unspecified atom stereocenters. The molecule has 0 bridgehead atoms. The minimum absolute atomic E-state index is 0.810. The van der Waals surface area contributed by atoms with Crippen LogP contribution in [0, 0.1) is 0 Å². The van der Waals surface area contributed by atoms with Gasteiger partial charge in [0.1, 0.15) is 17.3 Å². The largest absolute Gasteiger partial charge is 0.464 e. The predicted molar refractivity (Wildman–Crippen MR) is 89.3 cm³/mol.